The number of ether oxygens (including phenoxy) is 1. The van der Waals surface area contributed by atoms with Crippen LogP contribution in [0.25, 0.3) is 0 Å². The first-order valence-corrected chi connectivity index (χ1v) is 8.84. The molecule has 3 N–H and O–H groups in total. The van der Waals surface area contributed by atoms with E-state index in [9.17, 15) is 4.79 Å². The van der Waals surface area contributed by atoms with E-state index in [-0.39, 0.29) is 23.6 Å². The molecular formula is C17H24N8O2. The lowest BCUT2D eigenvalue weighted by Crippen LogP contribution is -2.46. The molecule has 0 saturated heterocycles. The molecule has 1 fully saturated rings. The van der Waals surface area contributed by atoms with Crippen LogP contribution in [0.15, 0.2) is 21.2 Å². The SMILES string of the molecule is C=NC(=NC1CCCC1)NC(=NC)Nc1cnc2c(n1)NC(=O)C(C)(C)O2. The van der Waals surface area contributed by atoms with Crippen molar-refractivity contribution in [1.82, 2.24) is 15.3 Å². The van der Waals surface area contributed by atoms with Crippen LogP contribution in [0.3, 0.4) is 0 Å². The Kier molecular flexibility index (Phi) is 5.33. The van der Waals surface area contributed by atoms with Crippen LogP contribution in [0.5, 0.6) is 5.88 Å². The standard InChI is InChI=1S/C17H24N8O2/c1-17(2)14(26)24-12-13(27-17)20-9-11(22-12)23-16(19-4)25-15(18-3)21-10-7-5-6-8-10/h9-10H,3,5-8H2,1-2,4H3,(H3,19,21,22,23,24,25,26). The molecule has 0 radical (unpaired) electrons. The van der Waals surface area contributed by atoms with E-state index in [1.807, 2.05) is 0 Å². The fourth-order valence-corrected chi connectivity index (χ4v) is 2.83. The molecule has 27 heavy (non-hydrogen) atoms. The zero-order chi connectivity index (χ0) is 19.4. The van der Waals surface area contributed by atoms with E-state index in [0.717, 1.165) is 12.8 Å². The molecule has 1 aromatic rings. The van der Waals surface area contributed by atoms with Gasteiger partial charge in [-0.1, -0.05) is 12.8 Å². The molecule has 0 aromatic carbocycles. The van der Waals surface area contributed by atoms with Crippen LogP contribution in [0, 0.1) is 0 Å². The van der Waals surface area contributed by atoms with Crippen molar-refractivity contribution in [2.24, 2.45) is 15.0 Å². The molecule has 0 unspecified atom stereocenters. The van der Waals surface area contributed by atoms with Crippen LogP contribution in [0.1, 0.15) is 39.5 Å². The van der Waals surface area contributed by atoms with Crippen LogP contribution in [-0.2, 0) is 4.79 Å². The van der Waals surface area contributed by atoms with Gasteiger partial charge in [0, 0.05) is 7.05 Å². The Hall–Kier alpha value is -3.04. The van der Waals surface area contributed by atoms with Crippen LogP contribution in [-0.4, -0.2) is 53.2 Å². The highest BCUT2D eigenvalue weighted by molar-refractivity contribution is 6.06. The van der Waals surface area contributed by atoms with Crippen LogP contribution in [0.2, 0.25) is 0 Å². The molecule has 3 rings (SSSR count). The molecule has 144 valence electrons. The second-order valence-electron chi connectivity index (χ2n) is 6.85. The average molecular weight is 372 g/mol. The van der Waals surface area contributed by atoms with Crippen molar-refractivity contribution < 1.29 is 9.53 Å². The van der Waals surface area contributed by atoms with Crippen LogP contribution >= 0.6 is 0 Å². The van der Waals surface area contributed by atoms with Crippen molar-refractivity contribution in [3.05, 3.63) is 6.20 Å². The summed E-state index contributed by atoms with van der Waals surface area (Å²) in [4.78, 5) is 33.2. The summed E-state index contributed by atoms with van der Waals surface area (Å²) in [5.74, 6) is 1.41. The summed E-state index contributed by atoms with van der Waals surface area (Å²) in [7, 11) is 1.62. The first-order valence-electron chi connectivity index (χ1n) is 8.84. The molecule has 1 aliphatic heterocycles. The zero-order valence-electron chi connectivity index (χ0n) is 15.7. The highest BCUT2D eigenvalue weighted by Crippen LogP contribution is 2.30. The van der Waals surface area contributed by atoms with Crippen LogP contribution in [0.4, 0.5) is 11.6 Å². The summed E-state index contributed by atoms with van der Waals surface area (Å²) in [6.07, 6.45) is 5.97. The topological polar surface area (TPSA) is 125 Å². The highest BCUT2D eigenvalue weighted by atomic mass is 16.5. The van der Waals surface area contributed by atoms with Gasteiger partial charge in [0.2, 0.25) is 11.9 Å². The second-order valence-corrected chi connectivity index (χ2v) is 6.85. The number of aliphatic imine (C=N–C) groups is 3. The van der Waals surface area contributed by atoms with Crippen molar-refractivity contribution in [2.75, 3.05) is 17.7 Å². The number of carbonyl (C=O) groups excluding carboxylic acids is 1. The minimum absolute atomic E-state index is 0.251. The lowest BCUT2D eigenvalue weighted by molar-refractivity contribution is -0.129. The minimum atomic E-state index is -0.991. The molecule has 2 heterocycles. The van der Waals surface area contributed by atoms with Crippen molar-refractivity contribution in [3.63, 3.8) is 0 Å². The zero-order valence-corrected chi connectivity index (χ0v) is 15.7. The van der Waals surface area contributed by atoms with E-state index >= 15 is 0 Å². The Morgan fingerprint density at radius 3 is 2.81 bits per heavy atom. The maximum atomic E-state index is 12.0. The van der Waals surface area contributed by atoms with Gasteiger partial charge in [0.25, 0.3) is 11.8 Å². The molecule has 0 spiro atoms. The quantitative estimate of drug-likeness (QED) is 0.534. The van der Waals surface area contributed by atoms with Gasteiger partial charge in [-0.3, -0.25) is 15.1 Å². The van der Waals surface area contributed by atoms with Crippen molar-refractivity contribution in [1.29, 1.82) is 0 Å². The first kappa shape index (κ1) is 18.7. The fourth-order valence-electron chi connectivity index (χ4n) is 2.83. The smallest absolute Gasteiger partial charge is 0.269 e. The lowest BCUT2D eigenvalue weighted by Gasteiger charge is -2.29. The highest BCUT2D eigenvalue weighted by Gasteiger charge is 2.37. The van der Waals surface area contributed by atoms with Gasteiger partial charge in [0.15, 0.2) is 17.2 Å². The molecule has 1 aliphatic carbocycles. The molecule has 1 aromatic heterocycles. The minimum Gasteiger partial charge on any atom is -0.459 e. The normalized spacial score (nSPS) is 19.7. The Labute approximate surface area is 157 Å². The molecule has 0 atom stereocenters. The molecule has 1 amide bonds. The Balaban J connectivity index is 1.71. The van der Waals surface area contributed by atoms with Crippen molar-refractivity contribution in [2.45, 2.75) is 51.2 Å². The number of carbonyl (C=O) groups is 1. The first-order chi connectivity index (χ1) is 12.9. The van der Waals surface area contributed by atoms with Gasteiger partial charge in [-0.15, -0.1) is 0 Å². The predicted molar refractivity (Wildman–Crippen MR) is 105 cm³/mol. The van der Waals surface area contributed by atoms with Crippen molar-refractivity contribution >= 4 is 36.2 Å². The molecule has 0 bridgehead atoms. The third-order valence-corrected chi connectivity index (χ3v) is 4.35. The maximum Gasteiger partial charge on any atom is 0.269 e. The summed E-state index contributed by atoms with van der Waals surface area (Å²) >= 11 is 0. The third-order valence-electron chi connectivity index (χ3n) is 4.35. The maximum absolute atomic E-state index is 12.0. The van der Waals surface area contributed by atoms with Gasteiger partial charge in [-0.25, -0.2) is 20.0 Å². The Morgan fingerprint density at radius 2 is 2.15 bits per heavy atom. The summed E-state index contributed by atoms with van der Waals surface area (Å²) in [6, 6.07) is 0.260. The van der Waals surface area contributed by atoms with Gasteiger partial charge in [-0.05, 0) is 33.4 Å². The summed E-state index contributed by atoms with van der Waals surface area (Å²) < 4.78 is 5.57. The number of nitrogens with one attached hydrogen (secondary N) is 3. The summed E-state index contributed by atoms with van der Waals surface area (Å²) in [5, 5.41) is 8.69. The van der Waals surface area contributed by atoms with E-state index < -0.39 is 5.60 Å². The predicted octanol–water partition coefficient (Wildman–Crippen LogP) is 1.57. The number of nitrogens with zero attached hydrogens (tertiary/aromatic N) is 5. The van der Waals surface area contributed by atoms with Crippen molar-refractivity contribution in [3.8, 4) is 5.88 Å². The number of anilines is 2. The molecular weight excluding hydrogens is 348 g/mol. The number of fused-ring (bicyclic) bond motifs is 1. The van der Waals surface area contributed by atoms with Gasteiger partial charge in [-0.2, -0.15) is 0 Å². The number of amides is 1. The largest absolute Gasteiger partial charge is 0.459 e. The summed E-state index contributed by atoms with van der Waals surface area (Å²) in [5.41, 5.74) is -0.991. The number of rotatable bonds is 2. The number of hydrogen-bond donors (Lipinski definition) is 3. The Bertz CT molecular complexity index is 796. The fraction of sp³-hybridized carbons (Fsp3) is 0.529. The van der Waals surface area contributed by atoms with E-state index in [1.165, 1.54) is 19.0 Å². The van der Waals surface area contributed by atoms with E-state index in [1.54, 1.807) is 20.9 Å². The van der Waals surface area contributed by atoms with E-state index in [0.29, 0.717) is 17.7 Å². The third kappa shape index (κ3) is 4.39. The molecule has 2 aliphatic rings. The number of aromatic nitrogens is 2. The second kappa shape index (κ2) is 7.68. The lowest BCUT2D eigenvalue weighted by atomic mass is 10.1. The van der Waals surface area contributed by atoms with Crippen LogP contribution < -0.4 is 20.7 Å². The van der Waals surface area contributed by atoms with E-state index in [4.69, 9.17) is 4.74 Å². The van der Waals surface area contributed by atoms with Gasteiger partial charge >= 0.3 is 0 Å². The summed E-state index contributed by atoms with van der Waals surface area (Å²) in [6.45, 7) is 6.89. The Morgan fingerprint density at radius 1 is 1.41 bits per heavy atom. The molecule has 1 saturated carbocycles. The van der Waals surface area contributed by atoms with Gasteiger partial charge in [0.05, 0.1) is 12.2 Å². The monoisotopic (exact) mass is 372 g/mol. The average Bonchev–Trinajstić information content (AvgIpc) is 3.14. The molecule has 10 heteroatoms. The molecule has 10 nitrogen and oxygen atoms in total. The van der Waals surface area contributed by atoms with Gasteiger partial charge in [0.1, 0.15) is 0 Å². The van der Waals surface area contributed by atoms with Gasteiger partial charge < -0.3 is 15.4 Å². The number of guanidine groups is 2. The van der Waals surface area contributed by atoms with E-state index in [2.05, 4.69) is 47.6 Å². The number of hydrogen-bond acceptors (Lipinski definition) is 6.